The number of rotatable bonds is 2. The van der Waals surface area contributed by atoms with Crippen LogP contribution in [0.4, 0.5) is 17.6 Å². The zero-order valence-corrected chi connectivity index (χ0v) is 6.79. The lowest BCUT2D eigenvalue weighted by Crippen LogP contribution is -1.82. The van der Waals surface area contributed by atoms with Gasteiger partial charge >= 0.3 is 6.08 Å². The quantitative estimate of drug-likeness (QED) is 0.470. The Morgan fingerprint density at radius 2 is 1.42 bits per heavy atom. The summed E-state index contributed by atoms with van der Waals surface area (Å²) < 4.78 is 43.4. The van der Waals surface area contributed by atoms with Crippen molar-refractivity contribution >= 4 is 11.6 Å². The van der Waals surface area contributed by atoms with Crippen molar-refractivity contribution in [3.63, 3.8) is 0 Å². The van der Waals surface area contributed by atoms with E-state index in [9.17, 15) is 17.6 Å². The summed E-state index contributed by atoms with van der Waals surface area (Å²) in [6, 6.07) is 0. The fraction of sp³-hybridized carbons (Fsp3) is 0.143. The van der Waals surface area contributed by atoms with E-state index >= 15 is 0 Å². The minimum Gasteiger partial charge on any atom is -0.238 e. The molecule has 0 spiro atoms. The molecule has 0 aliphatic heterocycles. The third kappa shape index (κ3) is 12.0. The second-order valence-corrected chi connectivity index (χ2v) is 1.77. The maximum Gasteiger partial charge on any atom is 0.317 e. The molecule has 0 N–H and O–H groups in total. The van der Waals surface area contributed by atoms with E-state index in [1.54, 1.807) is 0 Å². The number of halogens is 5. The first kappa shape index (κ1) is 13.8. The van der Waals surface area contributed by atoms with Gasteiger partial charge < -0.3 is 0 Å². The number of hydrogen-bond donors (Lipinski definition) is 0. The van der Waals surface area contributed by atoms with Crippen LogP contribution in [0.2, 0.25) is 0 Å². The van der Waals surface area contributed by atoms with Gasteiger partial charge in [0.25, 0.3) is 5.29 Å². The average molecular weight is 203 g/mol. The lowest BCUT2D eigenvalue weighted by molar-refractivity contribution is 0.393. The highest BCUT2D eigenvalue weighted by atomic mass is 35.5. The van der Waals surface area contributed by atoms with Gasteiger partial charge in [0.2, 0.25) is 0 Å². The van der Waals surface area contributed by atoms with Gasteiger partial charge in [-0.25, -0.2) is 4.39 Å². The van der Waals surface area contributed by atoms with Crippen LogP contribution < -0.4 is 0 Å². The molecule has 0 aliphatic rings. The van der Waals surface area contributed by atoms with Crippen LogP contribution in [-0.4, -0.2) is 6.17 Å². The summed E-state index contributed by atoms with van der Waals surface area (Å²) in [7, 11) is 0. The van der Waals surface area contributed by atoms with Crippen LogP contribution >= 0.6 is 11.6 Å². The number of allylic oxidation sites excluding steroid dienone is 2. The van der Waals surface area contributed by atoms with E-state index < -0.39 is 17.5 Å². The van der Waals surface area contributed by atoms with Crippen molar-refractivity contribution in [1.82, 2.24) is 0 Å². The zero-order chi connectivity index (χ0) is 10.1. The van der Waals surface area contributed by atoms with E-state index in [4.69, 9.17) is 0 Å². The second-order valence-electron chi connectivity index (χ2n) is 1.44. The van der Waals surface area contributed by atoms with Crippen molar-refractivity contribution in [2.75, 3.05) is 0 Å². The second kappa shape index (κ2) is 8.33. The minimum absolute atomic E-state index is 1.04. The zero-order valence-electron chi connectivity index (χ0n) is 6.04. The van der Waals surface area contributed by atoms with Crippen LogP contribution in [0.3, 0.4) is 0 Å². The summed E-state index contributed by atoms with van der Waals surface area (Å²) in [6.45, 7) is 6.37. The molecule has 0 aromatic rings. The predicted molar refractivity (Wildman–Crippen MR) is 41.5 cm³/mol. The summed E-state index contributed by atoms with van der Waals surface area (Å²) in [4.78, 5) is 0. The van der Waals surface area contributed by atoms with Crippen LogP contribution in [0.1, 0.15) is 0 Å². The molecule has 0 atom stereocenters. The molecule has 0 fully saturated rings. The fourth-order valence-electron chi connectivity index (χ4n) is 0.0962. The van der Waals surface area contributed by atoms with Crippen molar-refractivity contribution in [3.8, 4) is 0 Å². The van der Waals surface area contributed by atoms with Gasteiger partial charge in [-0.15, -0.1) is 0 Å². The molecule has 5 heteroatoms. The van der Waals surface area contributed by atoms with E-state index in [0.717, 1.165) is 0 Å². The molecular weight excluding hydrogens is 196 g/mol. The molecule has 12 heavy (non-hydrogen) atoms. The van der Waals surface area contributed by atoms with Crippen molar-refractivity contribution in [3.05, 3.63) is 36.7 Å². The highest BCUT2D eigenvalue weighted by Gasteiger charge is 1.95. The molecular formula is C7H7ClF4. The molecule has 0 nitrogen and oxygen atoms in total. The third-order valence-electron chi connectivity index (χ3n) is 0.593. The van der Waals surface area contributed by atoms with E-state index in [0.29, 0.717) is 0 Å². The summed E-state index contributed by atoms with van der Waals surface area (Å²) in [5, 5.41) is -1.94. The molecule has 0 bridgehead atoms. The molecule has 0 rings (SSSR count). The van der Waals surface area contributed by atoms with Crippen molar-refractivity contribution in [2.45, 2.75) is 6.17 Å². The molecule has 70 valence electrons. The largest absolute Gasteiger partial charge is 0.317 e. The molecule has 0 aromatic heterocycles. The summed E-state index contributed by atoms with van der Waals surface area (Å²) in [5.74, 6) is 0. The maximum atomic E-state index is 11.6. The molecule has 0 saturated heterocycles. The third-order valence-corrected chi connectivity index (χ3v) is 0.736. The lowest BCUT2D eigenvalue weighted by Gasteiger charge is -1.83. The van der Waals surface area contributed by atoms with Crippen LogP contribution in [0.15, 0.2) is 36.7 Å². The normalized spacial score (nSPS) is 8.17. The Bertz CT molecular complexity index is 150. The van der Waals surface area contributed by atoms with E-state index in [-0.39, 0.29) is 0 Å². The van der Waals surface area contributed by atoms with E-state index in [1.165, 1.54) is 12.2 Å². The Balaban J connectivity index is 0. The summed E-state index contributed by atoms with van der Waals surface area (Å²) >= 11 is 4.08. The van der Waals surface area contributed by atoms with Gasteiger partial charge in [0.15, 0.2) is 0 Å². The van der Waals surface area contributed by atoms with Crippen molar-refractivity contribution < 1.29 is 17.6 Å². The van der Waals surface area contributed by atoms with Crippen molar-refractivity contribution in [1.29, 1.82) is 0 Å². The first-order valence-corrected chi connectivity index (χ1v) is 3.09. The lowest BCUT2D eigenvalue weighted by atomic mass is 10.4. The highest BCUT2D eigenvalue weighted by molar-refractivity contribution is 6.28. The molecule has 0 heterocycles. The van der Waals surface area contributed by atoms with Crippen LogP contribution in [0.5, 0.6) is 0 Å². The monoisotopic (exact) mass is 202 g/mol. The molecule has 0 radical (unpaired) electrons. The van der Waals surface area contributed by atoms with Gasteiger partial charge in [-0.1, -0.05) is 25.3 Å². The minimum atomic E-state index is -2.48. The standard InChI is InChI=1S/C5H7F.C2ClF3/c1-3-5(6)4-2;3-1(4)2(5)6/h3-5H,1-2H2;. The maximum absolute atomic E-state index is 11.6. The first-order chi connectivity index (χ1) is 5.45. The Kier molecular flexibility index (Phi) is 9.57. The molecule has 0 saturated carbocycles. The topological polar surface area (TPSA) is 0 Å². The Morgan fingerprint density at radius 1 is 1.17 bits per heavy atom. The molecule has 0 aliphatic carbocycles. The molecule has 0 amide bonds. The summed E-state index contributed by atoms with van der Waals surface area (Å²) in [5.41, 5.74) is 0. The van der Waals surface area contributed by atoms with Gasteiger partial charge in [-0.2, -0.15) is 13.2 Å². The van der Waals surface area contributed by atoms with Crippen LogP contribution in [-0.2, 0) is 0 Å². The van der Waals surface area contributed by atoms with Crippen LogP contribution in [0, 0.1) is 0 Å². The Hall–Kier alpha value is -0.770. The Labute approximate surface area is 72.8 Å². The van der Waals surface area contributed by atoms with Gasteiger partial charge in [0.05, 0.1) is 0 Å². The van der Waals surface area contributed by atoms with Crippen LogP contribution in [0.25, 0.3) is 0 Å². The van der Waals surface area contributed by atoms with Gasteiger partial charge in [-0.3, -0.25) is 0 Å². The SMILES string of the molecule is C=CC(F)C=C.FC(F)=C(F)Cl. The highest BCUT2D eigenvalue weighted by Crippen LogP contribution is 2.11. The molecule has 0 unspecified atom stereocenters. The van der Waals surface area contributed by atoms with E-state index in [2.05, 4.69) is 24.8 Å². The first-order valence-electron chi connectivity index (χ1n) is 2.71. The fourth-order valence-corrected chi connectivity index (χ4v) is 0.0962. The number of hydrogen-bond acceptors (Lipinski definition) is 0. The smallest absolute Gasteiger partial charge is 0.238 e. The van der Waals surface area contributed by atoms with Gasteiger partial charge in [0.1, 0.15) is 6.17 Å². The predicted octanol–water partition coefficient (Wildman–Crippen LogP) is 3.96. The van der Waals surface area contributed by atoms with Gasteiger partial charge in [0, 0.05) is 0 Å². The molecule has 0 aromatic carbocycles. The van der Waals surface area contributed by atoms with E-state index in [1.807, 2.05) is 0 Å². The Morgan fingerprint density at radius 3 is 1.42 bits per heavy atom. The van der Waals surface area contributed by atoms with Gasteiger partial charge in [-0.05, 0) is 11.6 Å². The number of alkyl halides is 1. The average Bonchev–Trinajstić information content (AvgIpc) is 2.04. The van der Waals surface area contributed by atoms with Crippen molar-refractivity contribution in [2.24, 2.45) is 0 Å². The summed E-state index contributed by atoms with van der Waals surface area (Å²) in [6.07, 6.45) is -1.14.